The molecule has 1 aliphatic rings. The molecule has 6 nitrogen and oxygen atoms in total. The van der Waals surface area contributed by atoms with Crippen molar-refractivity contribution in [2.24, 2.45) is 5.92 Å². The Kier molecular flexibility index (Phi) is 5.64. The zero-order valence-corrected chi connectivity index (χ0v) is 17.3. The molecule has 4 rings (SSSR count). The van der Waals surface area contributed by atoms with Crippen LogP contribution >= 0.6 is 0 Å². The van der Waals surface area contributed by atoms with Crippen LogP contribution in [0.15, 0.2) is 53.0 Å². The van der Waals surface area contributed by atoms with Gasteiger partial charge in [0, 0.05) is 11.5 Å². The predicted molar refractivity (Wildman–Crippen MR) is 106 cm³/mol. The van der Waals surface area contributed by atoms with Crippen LogP contribution in [0.1, 0.15) is 35.1 Å². The van der Waals surface area contributed by atoms with Gasteiger partial charge >= 0.3 is 12.1 Å². The van der Waals surface area contributed by atoms with Gasteiger partial charge in [-0.3, -0.25) is 0 Å². The summed E-state index contributed by atoms with van der Waals surface area (Å²) in [6, 6.07) is 4.42. The third kappa shape index (κ3) is 4.06. The molecular weight excluding hydrogens is 449 g/mol. The summed E-state index contributed by atoms with van der Waals surface area (Å²) in [5.41, 5.74) is -2.51. The summed E-state index contributed by atoms with van der Waals surface area (Å²) in [5, 5.41) is 7.49. The standard InChI is InChI=1S/C22H16F5N3O3/c1-11-6-7-12(8-16(11)24)18-17(21(31)32-2)19(33-29-18)15-10-28-30(20(15)22(25,26)27)14-5-3-4-13(23)9-14/h3-5,7-11H,6H2,1-2H3. The molecule has 1 unspecified atom stereocenters. The van der Waals surface area contributed by atoms with E-state index in [2.05, 4.69) is 10.3 Å². The molecule has 0 saturated carbocycles. The van der Waals surface area contributed by atoms with Gasteiger partial charge in [-0.2, -0.15) is 18.3 Å². The molecular formula is C22H16F5N3O3. The van der Waals surface area contributed by atoms with E-state index in [-0.39, 0.29) is 22.9 Å². The molecule has 1 aliphatic carbocycles. The summed E-state index contributed by atoms with van der Waals surface area (Å²) in [5.74, 6) is -3.20. The van der Waals surface area contributed by atoms with Crippen molar-refractivity contribution in [3.63, 3.8) is 0 Å². The van der Waals surface area contributed by atoms with Crippen LogP contribution in [0.4, 0.5) is 22.0 Å². The van der Waals surface area contributed by atoms with Crippen LogP contribution < -0.4 is 0 Å². The summed E-state index contributed by atoms with van der Waals surface area (Å²) in [4.78, 5) is 12.5. The van der Waals surface area contributed by atoms with Gasteiger partial charge < -0.3 is 9.26 Å². The minimum absolute atomic E-state index is 0.162. The lowest BCUT2D eigenvalue weighted by Gasteiger charge is -2.14. The van der Waals surface area contributed by atoms with E-state index in [1.807, 2.05) is 0 Å². The maximum Gasteiger partial charge on any atom is 0.434 e. The Morgan fingerprint density at radius 2 is 2.03 bits per heavy atom. The average Bonchev–Trinajstić information content (AvgIpc) is 3.39. The van der Waals surface area contributed by atoms with Crippen LogP contribution in [-0.4, -0.2) is 28.0 Å². The Hall–Kier alpha value is -3.76. The van der Waals surface area contributed by atoms with Crippen LogP contribution in [0.25, 0.3) is 22.6 Å². The molecule has 0 fully saturated rings. The molecule has 0 radical (unpaired) electrons. The molecule has 172 valence electrons. The highest BCUT2D eigenvalue weighted by atomic mass is 19.4. The first kappa shape index (κ1) is 22.4. The maximum absolute atomic E-state index is 14.2. The lowest BCUT2D eigenvalue weighted by Crippen LogP contribution is -2.15. The number of rotatable bonds is 4. The SMILES string of the molecule is COC(=O)c1c(C2=CCC(C)C(F)=C2)noc1-c1cnn(-c2cccc(F)c2)c1C(F)(F)F. The molecule has 0 bridgehead atoms. The Balaban J connectivity index is 1.93. The summed E-state index contributed by atoms with van der Waals surface area (Å²) >= 11 is 0. The largest absolute Gasteiger partial charge is 0.465 e. The van der Waals surface area contributed by atoms with Crippen molar-refractivity contribution in [3.8, 4) is 17.0 Å². The number of carbonyl (C=O) groups excluding carboxylic acids is 1. The highest BCUT2D eigenvalue weighted by molar-refractivity contribution is 6.01. The number of esters is 1. The number of halogens is 5. The average molecular weight is 465 g/mol. The maximum atomic E-state index is 14.2. The number of carbonyl (C=O) groups is 1. The van der Waals surface area contributed by atoms with Gasteiger partial charge in [0.2, 0.25) is 0 Å². The van der Waals surface area contributed by atoms with Crippen LogP contribution in [-0.2, 0) is 10.9 Å². The van der Waals surface area contributed by atoms with Gasteiger partial charge in [0.05, 0.1) is 24.6 Å². The fourth-order valence-electron chi connectivity index (χ4n) is 3.48. The number of alkyl halides is 3. The van der Waals surface area contributed by atoms with Crippen molar-refractivity contribution in [1.29, 1.82) is 0 Å². The van der Waals surface area contributed by atoms with E-state index in [1.54, 1.807) is 13.0 Å². The summed E-state index contributed by atoms with van der Waals surface area (Å²) in [6.07, 6.45) is -1.10. The third-order valence-corrected chi connectivity index (χ3v) is 5.15. The molecule has 33 heavy (non-hydrogen) atoms. The number of aromatic nitrogens is 3. The van der Waals surface area contributed by atoms with Crippen molar-refractivity contribution >= 4 is 11.5 Å². The van der Waals surface area contributed by atoms with Crippen LogP contribution in [0.2, 0.25) is 0 Å². The second-order valence-corrected chi connectivity index (χ2v) is 7.35. The van der Waals surface area contributed by atoms with Crippen LogP contribution in [0, 0.1) is 11.7 Å². The Morgan fingerprint density at radius 3 is 2.67 bits per heavy atom. The second kappa shape index (κ2) is 8.30. The summed E-state index contributed by atoms with van der Waals surface area (Å²) in [7, 11) is 1.04. The molecule has 11 heteroatoms. The van der Waals surface area contributed by atoms with E-state index in [0.29, 0.717) is 11.1 Å². The molecule has 3 aromatic rings. The molecule has 0 N–H and O–H groups in total. The van der Waals surface area contributed by atoms with Crippen molar-refractivity contribution in [2.75, 3.05) is 7.11 Å². The number of ether oxygens (including phenoxy) is 1. The van der Waals surface area contributed by atoms with Crippen molar-refractivity contribution in [2.45, 2.75) is 19.5 Å². The molecule has 0 saturated heterocycles. The second-order valence-electron chi connectivity index (χ2n) is 7.35. The fraction of sp³-hybridized carbons (Fsp3) is 0.227. The van der Waals surface area contributed by atoms with Gasteiger partial charge in [-0.1, -0.05) is 24.2 Å². The number of nitrogens with zero attached hydrogens (tertiary/aromatic N) is 3. The monoisotopic (exact) mass is 465 g/mol. The van der Waals surface area contributed by atoms with E-state index in [0.717, 1.165) is 31.5 Å². The summed E-state index contributed by atoms with van der Waals surface area (Å²) < 4.78 is 80.4. The number of allylic oxidation sites excluding steroid dienone is 4. The van der Waals surface area contributed by atoms with Gasteiger partial charge in [-0.05, 0) is 30.7 Å². The zero-order chi connectivity index (χ0) is 23.9. The van der Waals surface area contributed by atoms with Crippen LogP contribution in [0.5, 0.6) is 0 Å². The zero-order valence-electron chi connectivity index (χ0n) is 17.3. The lowest BCUT2D eigenvalue weighted by atomic mass is 9.93. The molecule has 0 amide bonds. The van der Waals surface area contributed by atoms with Crippen molar-refractivity contribution < 1.29 is 36.0 Å². The van der Waals surface area contributed by atoms with E-state index < -0.39 is 46.4 Å². The quantitative estimate of drug-likeness (QED) is 0.363. The van der Waals surface area contributed by atoms with E-state index in [9.17, 15) is 26.7 Å². The highest BCUT2D eigenvalue weighted by Gasteiger charge is 2.42. The lowest BCUT2D eigenvalue weighted by molar-refractivity contribution is -0.142. The molecule has 2 heterocycles. The van der Waals surface area contributed by atoms with Gasteiger partial charge in [0.1, 0.15) is 22.9 Å². The van der Waals surface area contributed by atoms with Gasteiger partial charge in [0.25, 0.3) is 0 Å². The minimum Gasteiger partial charge on any atom is -0.465 e. The van der Waals surface area contributed by atoms with Gasteiger partial charge in [-0.15, -0.1) is 0 Å². The molecule has 1 atom stereocenters. The summed E-state index contributed by atoms with van der Waals surface area (Å²) in [6.45, 7) is 1.66. The third-order valence-electron chi connectivity index (χ3n) is 5.15. The molecule has 2 aromatic heterocycles. The van der Waals surface area contributed by atoms with Gasteiger partial charge in [-0.25, -0.2) is 18.3 Å². The minimum atomic E-state index is -4.97. The number of hydrogen-bond donors (Lipinski definition) is 0. The normalized spacial score (nSPS) is 16.4. The molecule has 0 spiro atoms. The van der Waals surface area contributed by atoms with Crippen molar-refractivity contribution in [1.82, 2.24) is 14.9 Å². The smallest absolute Gasteiger partial charge is 0.434 e. The highest BCUT2D eigenvalue weighted by Crippen LogP contribution is 2.42. The van der Waals surface area contributed by atoms with E-state index in [1.165, 1.54) is 12.1 Å². The van der Waals surface area contributed by atoms with E-state index in [4.69, 9.17) is 9.26 Å². The first-order chi connectivity index (χ1) is 15.6. The number of methoxy groups -OCH3 is 1. The van der Waals surface area contributed by atoms with Gasteiger partial charge in [0.15, 0.2) is 11.5 Å². The topological polar surface area (TPSA) is 70.2 Å². The van der Waals surface area contributed by atoms with E-state index >= 15 is 0 Å². The first-order valence-electron chi connectivity index (χ1n) is 9.69. The molecule has 1 aromatic carbocycles. The number of hydrogen-bond acceptors (Lipinski definition) is 5. The van der Waals surface area contributed by atoms with Crippen LogP contribution in [0.3, 0.4) is 0 Å². The number of benzene rings is 1. The Labute approximate surface area is 183 Å². The molecule has 0 aliphatic heterocycles. The predicted octanol–water partition coefficient (Wildman–Crippen LogP) is 5.75. The Bertz CT molecular complexity index is 1290. The fourth-order valence-corrected chi connectivity index (χ4v) is 3.48. The Morgan fingerprint density at radius 1 is 1.27 bits per heavy atom. The van der Waals surface area contributed by atoms with Crippen molar-refractivity contribution in [3.05, 3.63) is 71.2 Å². The first-order valence-corrected chi connectivity index (χ1v) is 9.69.